The molecule has 0 aliphatic carbocycles. The van der Waals surface area contributed by atoms with Gasteiger partial charge in [-0.3, -0.25) is 20.0 Å². The molecule has 142 valence electrons. The van der Waals surface area contributed by atoms with Crippen molar-refractivity contribution < 1.29 is 14.0 Å². The molecule has 0 atom stereocenters. The quantitative estimate of drug-likeness (QED) is 0.519. The fourth-order valence-corrected chi connectivity index (χ4v) is 3.43. The summed E-state index contributed by atoms with van der Waals surface area (Å²) in [5.74, 6) is 0.709. The van der Waals surface area contributed by atoms with E-state index in [9.17, 15) is 9.59 Å². The van der Waals surface area contributed by atoms with Gasteiger partial charge in [0.15, 0.2) is 15.7 Å². The fourth-order valence-electron chi connectivity index (χ4n) is 2.45. The first-order valence-electron chi connectivity index (χ1n) is 8.18. The molecule has 0 spiro atoms. The minimum absolute atomic E-state index is 0.106. The predicted molar refractivity (Wildman–Crippen MR) is 102 cm³/mol. The average molecular weight is 406 g/mol. The molecule has 0 unspecified atom stereocenters. The van der Waals surface area contributed by atoms with E-state index in [1.807, 2.05) is 11.5 Å². The number of thiazole rings is 1. The van der Waals surface area contributed by atoms with Crippen molar-refractivity contribution in [3.05, 3.63) is 45.3 Å². The molecular weight excluding hydrogens is 388 g/mol. The van der Waals surface area contributed by atoms with Gasteiger partial charge in [-0.1, -0.05) is 0 Å². The van der Waals surface area contributed by atoms with Gasteiger partial charge in [-0.2, -0.15) is 5.10 Å². The Morgan fingerprint density at radius 1 is 1.44 bits per heavy atom. The van der Waals surface area contributed by atoms with Gasteiger partial charge < -0.3 is 14.3 Å². The Labute approximate surface area is 163 Å². The lowest BCUT2D eigenvalue weighted by atomic mass is 10.2. The Hall–Kier alpha value is -2.79. The molecule has 3 N–H and O–H groups in total. The van der Waals surface area contributed by atoms with E-state index in [2.05, 4.69) is 25.8 Å². The van der Waals surface area contributed by atoms with Gasteiger partial charge in [-0.15, -0.1) is 11.3 Å². The van der Waals surface area contributed by atoms with Gasteiger partial charge in [-0.05, 0) is 32.1 Å². The minimum atomic E-state index is -0.297. The van der Waals surface area contributed by atoms with Crippen molar-refractivity contribution in [3.8, 4) is 0 Å². The topological polar surface area (TPSA) is 118 Å². The largest absolute Gasteiger partial charge is 0.469 e. The minimum Gasteiger partial charge on any atom is -0.469 e. The van der Waals surface area contributed by atoms with Crippen LogP contribution >= 0.6 is 23.6 Å². The number of furan rings is 1. The standard InChI is InChI=1S/C16H18N6O3S2/c1-3-22-12(20-21-16(22)26)7-17-13(23)6-10-8-27-15(18-10)19-14(24)11-4-5-25-9(11)2/h4-5,8H,3,6-7H2,1-2H3,(H,17,23)(H,21,26)(H,18,19,24). The zero-order valence-electron chi connectivity index (χ0n) is 14.7. The van der Waals surface area contributed by atoms with Crippen LogP contribution in [-0.4, -0.2) is 31.6 Å². The molecule has 3 heterocycles. The molecule has 0 aliphatic heterocycles. The molecule has 2 amide bonds. The Morgan fingerprint density at radius 2 is 2.26 bits per heavy atom. The van der Waals surface area contributed by atoms with Crippen LogP contribution in [0.4, 0.5) is 5.13 Å². The number of hydrogen-bond donors (Lipinski definition) is 3. The Morgan fingerprint density at radius 3 is 2.96 bits per heavy atom. The van der Waals surface area contributed by atoms with Gasteiger partial charge in [-0.25, -0.2) is 4.98 Å². The SMILES string of the molecule is CCn1c(CNC(=O)Cc2csc(NC(=O)c3ccoc3C)n2)n[nH]c1=S. The molecule has 9 nitrogen and oxygen atoms in total. The maximum absolute atomic E-state index is 12.1. The molecule has 0 radical (unpaired) electrons. The van der Waals surface area contributed by atoms with E-state index in [0.29, 0.717) is 39.3 Å². The number of rotatable bonds is 7. The maximum Gasteiger partial charge on any atom is 0.260 e. The van der Waals surface area contributed by atoms with Gasteiger partial charge in [0.05, 0.1) is 30.5 Å². The highest BCUT2D eigenvalue weighted by molar-refractivity contribution is 7.71. The van der Waals surface area contributed by atoms with Crippen LogP contribution in [0.1, 0.15) is 34.6 Å². The number of hydrogen-bond acceptors (Lipinski definition) is 7. The van der Waals surface area contributed by atoms with E-state index in [1.54, 1.807) is 18.4 Å². The number of anilines is 1. The van der Waals surface area contributed by atoms with E-state index >= 15 is 0 Å². The van der Waals surface area contributed by atoms with E-state index < -0.39 is 0 Å². The smallest absolute Gasteiger partial charge is 0.260 e. The Bertz CT molecular complexity index is 1020. The maximum atomic E-state index is 12.1. The summed E-state index contributed by atoms with van der Waals surface area (Å²) in [4.78, 5) is 28.6. The van der Waals surface area contributed by atoms with Crippen LogP contribution in [0.25, 0.3) is 0 Å². The lowest BCUT2D eigenvalue weighted by molar-refractivity contribution is -0.120. The first kappa shape index (κ1) is 19.0. The van der Waals surface area contributed by atoms with Crippen LogP contribution in [0, 0.1) is 11.7 Å². The number of aryl methyl sites for hydroxylation is 1. The third-order valence-corrected chi connectivity index (χ3v) is 4.93. The molecule has 0 aromatic carbocycles. The second kappa shape index (κ2) is 8.27. The molecule has 3 rings (SSSR count). The average Bonchev–Trinajstić information content (AvgIpc) is 3.33. The number of carbonyl (C=O) groups excluding carboxylic acids is 2. The second-order valence-electron chi connectivity index (χ2n) is 5.63. The van der Waals surface area contributed by atoms with Crippen LogP contribution in [0.2, 0.25) is 0 Å². The van der Waals surface area contributed by atoms with Crippen LogP contribution < -0.4 is 10.6 Å². The van der Waals surface area contributed by atoms with E-state index in [4.69, 9.17) is 16.6 Å². The lowest BCUT2D eigenvalue weighted by Crippen LogP contribution is -2.26. The van der Waals surface area contributed by atoms with Crippen LogP contribution in [0.15, 0.2) is 22.1 Å². The summed E-state index contributed by atoms with van der Waals surface area (Å²) >= 11 is 6.37. The van der Waals surface area contributed by atoms with E-state index in [-0.39, 0.29) is 24.8 Å². The normalized spacial score (nSPS) is 10.7. The van der Waals surface area contributed by atoms with Crippen LogP contribution in [0.5, 0.6) is 0 Å². The molecule has 0 saturated heterocycles. The van der Waals surface area contributed by atoms with Gasteiger partial charge in [0.1, 0.15) is 5.76 Å². The highest BCUT2D eigenvalue weighted by Gasteiger charge is 2.14. The highest BCUT2D eigenvalue weighted by atomic mass is 32.1. The molecule has 0 fully saturated rings. The summed E-state index contributed by atoms with van der Waals surface area (Å²) in [6, 6.07) is 1.60. The highest BCUT2D eigenvalue weighted by Crippen LogP contribution is 2.18. The third-order valence-electron chi connectivity index (χ3n) is 3.81. The number of nitrogens with one attached hydrogen (secondary N) is 3. The Kier molecular flexibility index (Phi) is 5.81. The van der Waals surface area contributed by atoms with Gasteiger partial charge in [0, 0.05) is 11.9 Å². The lowest BCUT2D eigenvalue weighted by Gasteiger charge is -2.05. The second-order valence-corrected chi connectivity index (χ2v) is 6.88. The van der Waals surface area contributed by atoms with Crippen molar-refractivity contribution in [2.24, 2.45) is 0 Å². The molecule has 0 bridgehead atoms. The summed E-state index contributed by atoms with van der Waals surface area (Å²) in [6.07, 6.45) is 1.56. The zero-order chi connectivity index (χ0) is 19.4. The molecule has 0 saturated carbocycles. The Balaban J connectivity index is 1.54. The van der Waals surface area contributed by atoms with Gasteiger partial charge >= 0.3 is 0 Å². The number of aromatic nitrogens is 4. The number of carbonyl (C=O) groups is 2. The molecule has 0 aliphatic rings. The van der Waals surface area contributed by atoms with Crippen molar-refractivity contribution in [2.45, 2.75) is 33.4 Å². The summed E-state index contributed by atoms with van der Waals surface area (Å²) in [6.45, 7) is 4.61. The fraction of sp³-hybridized carbons (Fsp3) is 0.312. The first-order valence-corrected chi connectivity index (χ1v) is 9.47. The van der Waals surface area contributed by atoms with Gasteiger partial charge in [0.2, 0.25) is 5.91 Å². The summed E-state index contributed by atoms with van der Waals surface area (Å²) in [7, 11) is 0. The molecule has 11 heteroatoms. The number of H-pyrrole nitrogens is 1. The molecule has 27 heavy (non-hydrogen) atoms. The van der Waals surface area contributed by atoms with Gasteiger partial charge in [0.25, 0.3) is 5.91 Å². The van der Waals surface area contributed by atoms with Crippen molar-refractivity contribution in [1.29, 1.82) is 0 Å². The summed E-state index contributed by atoms with van der Waals surface area (Å²) in [5.41, 5.74) is 1.03. The van der Waals surface area contributed by atoms with Crippen molar-refractivity contribution >= 4 is 40.5 Å². The molecule has 3 aromatic heterocycles. The third kappa shape index (κ3) is 4.49. The van der Waals surface area contributed by atoms with E-state index in [0.717, 1.165) is 0 Å². The van der Waals surface area contributed by atoms with Crippen molar-refractivity contribution in [3.63, 3.8) is 0 Å². The number of amides is 2. The molecule has 3 aromatic rings. The van der Waals surface area contributed by atoms with Crippen molar-refractivity contribution in [2.75, 3.05) is 5.32 Å². The monoisotopic (exact) mass is 406 g/mol. The van der Waals surface area contributed by atoms with Crippen LogP contribution in [-0.2, 0) is 24.3 Å². The predicted octanol–water partition coefficient (Wildman–Crippen LogP) is 2.43. The van der Waals surface area contributed by atoms with Crippen LogP contribution in [0.3, 0.4) is 0 Å². The van der Waals surface area contributed by atoms with E-state index in [1.165, 1.54) is 17.6 Å². The van der Waals surface area contributed by atoms with Crippen molar-refractivity contribution in [1.82, 2.24) is 25.1 Å². The number of aromatic amines is 1. The zero-order valence-corrected chi connectivity index (χ0v) is 16.4. The summed E-state index contributed by atoms with van der Waals surface area (Å²) in [5, 5.41) is 14.5. The summed E-state index contributed by atoms with van der Waals surface area (Å²) < 4.78 is 7.45. The number of nitrogens with zero attached hydrogens (tertiary/aromatic N) is 3. The molecular formula is C16H18N6O3S2. The first-order chi connectivity index (χ1) is 13.0.